The zero-order valence-corrected chi connectivity index (χ0v) is 12.8. The number of benzene rings is 2. The lowest BCUT2D eigenvalue weighted by molar-refractivity contribution is 0.422. The van der Waals surface area contributed by atoms with Crippen LogP contribution < -0.4 is 5.32 Å². The number of fused-ring (bicyclic) bond motifs is 1. The quantitative estimate of drug-likeness (QED) is 0.832. The largest absolute Gasteiger partial charge is 0.310 e. The molecule has 2 aromatic carbocycles. The molecule has 0 saturated carbocycles. The molecule has 0 bridgehead atoms. The Hall–Kier alpha value is -1.38. The fourth-order valence-electron chi connectivity index (χ4n) is 3.21. The van der Waals surface area contributed by atoms with Crippen molar-refractivity contribution < 1.29 is 4.39 Å². The van der Waals surface area contributed by atoms with Gasteiger partial charge in [-0.2, -0.15) is 0 Å². The number of hydrogen-bond acceptors (Lipinski definition) is 1. The summed E-state index contributed by atoms with van der Waals surface area (Å²) in [5.41, 5.74) is 3.50. The third-order valence-corrected chi connectivity index (χ3v) is 4.50. The van der Waals surface area contributed by atoms with Crippen LogP contribution in [0.4, 0.5) is 4.39 Å². The van der Waals surface area contributed by atoms with Gasteiger partial charge in [-0.05, 0) is 54.6 Å². The van der Waals surface area contributed by atoms with Crippen LogP contribution in [0.5, 0.6) is 0 Å². The highest BCUT2D eigenvalue weighted by molar-refractivity contribution is 6.30. The predicted octanol–water partition coefficient (Wildman–Crippen LogP) is 4.86. The van der Waals surface area contributed by atoms with Gasteiger partial charge in [-0.15, -0.1) is 0 Å². The van der Waals surface area contributed by atoms with Gasteiger partial charge in [0.1, 0.15) is 5.82 Å². The monoisotopic (exact) mass is 303 g/mol. The Balaban J connectivity index is 1.81. The molecule has 110 valence electrons. The molecule has 3 rings (SSSR count). The number of hydrogen-bond donors (Lipinski definition) is 1. The van der Waals surface area contributed by atoms with E-state index >= 15 is 0 Å². The van der Waals surface area contributed by atoms with E-state index in [0.717, 1.165) is 19.4 Å². The summed E-state index contributed by atoms with van der Waals surface area (Å²) in [6, 6.07) is 13.3. The van der Waals surface area contributed by atoms with Gasteiger partial charge in [-0.3, -0.25) is 0 Å². The second-order valence-electron chi connectivity index (χ2n) is 5.61. The SMILES string of the molecule is CCNC(CC1Cc2ccccc21)c1cc(Cl)ccc1F. The number of nitrogens with one attached hydrogen (secondary N) is 1. The van der Waals surface area contributed by atoms with Crippen LogP contribution in [0.1, 0.15) is 42.0 Å². The Morgan fingerprint density at radius 3 is 2.86 bits per heavy atom. The van der Waals surface area contributed by atoms with E-state index in [1.165, 1.54) is 17.2 Å². The number of halogens is 2. The lowest BCUT2D eigenvalue weighted by Gasteiger charge is -2.33. The molecular formula is C18H19ClFN. The zero-order chi connectivity index (χ0) is 14.8. The van der Waals surface area contributed by atoms with Crippen LogP contribution in [0, 0.1) is 5.82 Å². The van der Waals surface area contributed by atoms with E-state index < -0.39 is 0 Å². The molecule has 0 aliphatic heterocycles. The molecule has 1 nitrogen and oxygen atoms in total. The third kappa shape index (κ3) is 2.97. The Morgan fingerprint density at radius 2 is 2.10 bits per heavy atom. The van der Waals surface area contributed by atoms with Crippen molar-refractivity contribution >= 4 is 11.6 Å². The van der Waals surface area contributed by atoms with E-state index in [2.05, 4.69) is 29.6 Å². The topological polar surface area (TPSA) is 12.0 Å². The molecule has 1 aliphatic rings. The van der Waals surface area contributed by atoms with Gasteiger partial charge in [0.2, 0.25) is 0 Å². The van der Waals surface area contributed by atoms with E-state index in [4.69, 9.17) is 11.6 Å². The molecule has 0 spiro atoms. The minimum Gasteiger partial charge on any atom is -0.310 e. The van der Waals surface area contributed by atoms with E-state index in [1.807, 2.05) is 6.92 Å². The molecular weight excluding hydrogens is 285 g/mol. The second-order valence-corrected chi connectivity index (χ2v) is 6.05. The fraction of sp³-hybridized carbons (Fsp3) is 0.333. The summed E-state index contributed by atoms with van der Waals surface area (Å²) in [6.07, 6.45) is 1.99. The van der Waals surface area contributed by atoms with Crippen molar-refractivity contribution in [2.45, 2.75) is 31.7 Å². The summed E-state index contributed by atoms with van der Waals surface area (Å²) in [5.74, 6) is 0.321. The first-order valence-corrected chi connectivity index (χ1v) is 7.83. The van der Waals surface area contributed by atoms with Crippen molar-refractivity contribution in [3.63, 3.8) is 0 Å². The minimum atomic E-state index is -0.182. The summed E-state index contributed by atoms with van der Waals surface area (Å²) in [7, 11) is 0. The van der Waals surface area contributed by atoms with E-state index in [-0.39, 0.29) is 11.9 Å². The predicted molar refractivity (Wildman–Crippen MR) is 85.3 cm³/mol. The first-order valence-electron chi connectivity index (χ1n) is 7.45. The van der Waals surface area contributed by atoms with Crippen LogP contribution in [0.25, 0.3) is 0 Å². The van der Waals surface area contributed by atoms with Gasteiger partial charge in [-0.25, -0.2) is 4.39 Å². The van der Waals surface area contributed by atoms with Gasteiger partial charge >= 0.3 is 0 Å². The minimum absolute atomic E-state index is 0.00653. The van der Waals surface area contributed by atoms with Crippen molar-refractivity contribution in [3.8, 4) is 0 Å². The average Bonchev–Trinajstić information content (AvgIpc) is 2.46. The maximum absolute atomic E-state index is 14.1. The van der Waals surface area contributed by atoms with Crippen LogP contribution in [-0.2, 0) is 6.42 Å². The number of rotatable bonds is 5. The van der Waals surface area contributed by atoms with Crippen molar-refractivity contribution in [2.24, 2.45) is 0 Å². The molecule has 0 aromatic heterocycles. The van der Waals surface area contributed by atoms with Crippen LogP contribution in [0.15, 0.2) is 42.5 Å². The Labute approximate surface area is 130 Å². The zero-order valence-electron chi connectivity index (χ0n) is 12.1. The molecule has 0 heterocycles. The molecule has 0 amide bonds. The molecule has 2 aromatic rings. The molecule has 0 radical (unpaired) electrons. The van der Waals surface area contributed by atoms with Gasteiger partial charge in [0.05, 0.1) is 0 Å². The normalized spacial score (nSPS) is 18.0. The smallest absolute Gasteiger partial charge is 0.128 e. The van der Waals surface area contributed by atoms with Gasteiger partial charge < -0.3 is 5.32 Å². The van der Waals surface area contributed by atoms with Gasteiger partial charge in [0.15, 0.2) is 0 Å². The van der Waals surface area contributed by atoms with Crippen LogP contribution in [0.3, 0.4) is 0 Å². The molecule has 21 heavy (non-hydrogen) atoms. The first-order chi connectivity index (χ1) is 10.2. The molecule has 0 saturated heterocycles. The molecule has 1 N–H and O–H groups in total. The highest BCUT2D eigenvalue weighted by atomic mass is 35.5. The van der Waals surface area contributed by atoms with E-state index in [9.17, 15) is 4.39 Å². The summed E-state index contributed by atoms with van der Waals surface area (Å²) in [4.78, 5) is 0. The van der Waals surface area contributed by atoms with Crippen molar-refractivity contribution in [1.29, 1.82) is 0 Å². The Morgan fingerprint density at radius 1 is 1.29 bits per heavy atom. The Bertz CT molecular complexity index is 641. The maximum atomic E-state index is 14.1. The molecule has 1 aliphatic carbocycles. The first kappa shape index (κ1) is 14.6. The molecule has 2 atom stereocenters. The highest BCUT2D eigenvalue weighted by Crippen LogP contribution is 2.41. The van der Waals surface area contributed by atoms with Crippen LogP contribution in [-0.4, -0.2) is 6.54 Å². The van der Waals surface area contributed by atoms with E-state index in [0.29, 0.717) is 16.5 Å². The van der Waals surface area contributed by atoms with E-state index in [1.54, 1.807) is 12.1 Å². The summed E-state index contributed by atoms with van der Waals surface area (Å²) in [6.45, 7) is 2.86. The average molecular weight is 304 g/mol. The van der Waals surface area contributed by atoms with Crippen molar-refractivity contribution in [2.75, 3.05) is 6.54 Å². The van der Waals surface area contributed by atoms with Gasteiger partial charge in [0, 0.05) is 16.6 Å². The van der Waals surface area contributed by atoms with Gasteiger partial charge in [0.25, 0.3) is 0 Å². The summed E-state index contributed by atoms with van der Waals surface area (Å²) < 4.78 is 14.1. The molecule has 3 heteroatoms. The highest BCUT2D eigenvalue weighted by Gasteiger charge is 2.29. The van der Waals surface area contributed by atoms with Crippen molar-refractivity contribution in [3.05, 3.63) is 70.0 Å². The lowest BCUT2D eigenvalue weighted by atomic mass is 9.73. The molecule has 0 fully saturated rings. The standard InChI is InChI=1S/C18H19ClFN/c1-2-21-18(16-11-14(19)7-8-17(16)20)10-13-9-12-5-3-4-6-15(12)13/h3-8,11,13,18,21H,2,9-10H2,1H3. The van der Waals surface area contributed by atoms with Crippen LogP contribution in [0.2, 0.25) is 5.02 Å². The molecule has 2 unspecified atom stereocenters. The van der Waals surface area contributed by atoms with Crippen LogP contribution >= 0.6 is 11.6 Å². The Kier molecular flexibility index (Phi) is 4.27. The third-order valence-electron chi connectivity index (χ3n) is 4.27. The van der Waals surface area contributed by atoms with Gasteiger partial charge in [-0.1, -0.05) is 42.8 Å². The maximum Gasteiger partial charge on any atom is 0.128 e. The summed E-state index contributed by atoms with van der Waals surface area (Å²) >= 11 is 6.03. The summed E-state index contributed by atoms with van der Waals surface area (Å²) in [5, 5.41) is 3.98. The van der Waals surface area contributed by atoms with Crippen molar-refractivity contribution in [1.82, 2.24) is 5.32 Å². The lowest BCUT2D eigenvalue weighted by Crippen LogP contribution is -2.27. The second kappa shape index (κ2) is 6.17. The fourth-order valence-corrected chi connectivity index (χ4v) is 3.39.